The summed E-state index contributed by atoms with van der Waals surface area (Å²) < 4.78 is 45.0. The zero-order chi connectivity index (χ0) is 19.4. The Morgan fingerprint density at radius 3 is 2.37 bits per heavy atom. The molecule has 6 nitrogen and oxygen atoms in total. The summed E-state index contributed by atoms with van der Waals surface area (Å²) in [4.78, 5) is 13.9. The molecular weight excluding hydrogens is 371 g/mol. The van der Waals surface area contributed by atoms with Gasteiger partial charge in [-0.3, -0.25) is 4.79 Å². The van der Waals surface area contributed by atoms with Crippen LogP contribution in [0.5, 0.6) is 5.75 Å². The van der Waals surface area contributed by atoms with Crippen molar-refractivity contribution >= 4 is 15.9 Å². The Morgan fingerprint density at radius 1 is 1.07 bits per heavy atom. The second-order valence-electron chi connectivity index (χ2n) is 6.34. The number of piperazine rings is 1. The predicted octanol–water partition coefficient (Wildman–Crippen LogP) is 2.05. The van der Waals surface area contributed by atoms with E-state index in [0.29, 0.717) is 5.75 Å². The van der Waals surface area contributed by atoms with Crippen LogP contribution in [0.4, 0.5) is 4.39 Å². The number of carbonyl (C=O) groups is 1. The molecule has 0 spiro atoms. The van der Waals surface area contributed by atoms with Crippen LogP contribution in [0, 0.1) is 12.7 Å². The molecule has 1 saturated heterocycles. The van der Waals surface area contributed by atoms with Gasteiger partial charge in [-0.05, 0) is 48.9 Å². The standard InChI is InChI=1S/C19H21FN2O4S/c1-15-3-2-4-17(13-15)26-14-19(23)21-9-11-22(12-10-21)27(24,25)18-7-5-16(20)6-8-18/h2-8,13H,9-12,14H2,1H3. The number of rotatable bonds is 5. The molecule has 0 radical (unpaired) electrons. The van der Waals surface area contributed by atoms with Crippen LogP contribution < -0.4 is 4.74 Å². The molecule has 2 aromatic rings. The minimum atomic E-state index is -3.69. The van der Waals surface area contributed by atoms with Crippen molar-refractivity contribution in [3.8, 4) is 5.75 Å². The lowest BCUT2D eigenvalue weighted by atomic mass is 10.2. The van der Waals surface area contributed by atoms with Crippen molar-refractivity contribution in [1.82, 2.24) is 9.21 Å². The zero-order valence-corrected chi connectivity index (χ0v) is 15.8. The van der Waals surface area contributed by atoms with Gasteiger partial charge in [0.15, 0.2) is 6.61 Å². The molecule has 1 aliphatic heterocycles. The molecule has 0 atom stereocenters. The van der Waals surface area contributed by atoms with Crippen molar-refractivity contribution in [2.24, 2.45) is 0 Å². The van der Waals surface area contributed by atoms with Crippen molar-refractivity contribution < 1.29 is 22.3 Å². The number of amides is 1. The molecule has 3 rings (SSSR count). The highest BCUT2D eigenvalue weighted by molar-refractivity contribution is 7.89. The largest absolute Gasteiger partial charge is 0.484 e. The predicted molar refractivity (Wildman–Crippen MR) is 98.4 cm³/mol. The van der Waals surface area contributed by atoms with Crippen LogP contribution in [-0.4, -0.2) is 56.3 Å². The molecule has 27 heavy (non-hydrogen) atoms. The molecule has 2 aromatic carbocycles. The van der Waals surface area contributed by atoms with E-state index in [1.54, 1.807) is 11.0 Å². The van der Waals surface area contributed by atoms with Crippen molar-refractivity contribution in [3.05, 3.63) is 59.9 Å². The van der Waals surface area contributed by atoms with Crippen molar-refractivity contribution in [2.45, 2.75) is 11.8 Å². The molecule has 0 aromatic heterocycles. The molecule has 1 heterocycles. The molecule has 0 saturated carbocycles. The van der Waals surface area contributed by atoms with Crippen molar-refractivity contribution in [3.63, 3.8) is 0 Å². The van der Waals surface area contributed by atoms with Crippen LogP contribution in [0.15, 0.2) is 53.4 Å². The lowest BCUT2D eigenvalue weighted by Gasteiger charge is -2.34. The van der Waals surface area contributed by atoms with Gasteiger partial charge in [-0.1, -0.05) is 12.1 Å². The average Bonchev–Trinajstić information content (AvgIpc) is 2.66. The van der Waals surface area contributed by atoms with E-state index < -0.39 is 15.8 Å². The van der Waals surface area contributed by atoms with E-state index in [1.165, 1.54) is 16.4 Å². The maximum Gasteiger partial charge on any atom is 0.260 e. The molecule has 0 unspecified atom stereocenters. The SMILES string of the molecule is Cc1cccc(OCC(=O)N2CCN(S(=O)(=O)c3ccc(F)cc3)CC2)c1. The highest BCUT2D eigenvalue weighted by atomic mass is 32.2. The summed E-state index contributed by atoms with van der Waals surface area (Å²) in [7, 11) is -3.69. The van der Waals surface area contributed by atoms with Gasteiger partial charge >= 0.3 is 0 Å². The van der Waals surface area contributed by atoms with Crippen LogP contribution in [0.2, 0.25) is 0 Å². The molecule has 8 heteroatoms. The minimum Gasteiger partial charge on any atom is -0.484 e. The molecular formula is C19H21FN2O4S. The number of hydrogen-bond donors (Lipinski definition) is 0. The van der Waals surface area contributed by atoms with Crippen LogP contribution in [0.1, 0.15) is 5.56 Å². The molecule has 144 valence electrons. The summed E-state index contributed by atoms with van der Waals surface area (Å²) in [6, 6.07) is 12.2. The van der Waals surface area contributed by atoms with Gasteiger partial charge in [0.2, 0.25) is 10.0 Å². The van der Waals surface area contributed by atoms with Crippen LogP contribution >= 0.6 is 0 Å². The Morgan fingerprint density at radius 2 is 1.74 bits per heavy atom. The fourth-order valence-electron chi connectivity index (χ4n) is 2.87. The van der Waals surface area contributed by atoms with Gasteiger partial charge in [-0.15, -0.1) is 0 Å². The van der Waals surface area contributed by atoms with Gasteiger partial charge in [-0.25, -0.2) is 12.8 Å². The number of benzene rings is 2. The quantitative estimate of drug-likeness (QED) is 0.781. The van der Waals surface area contributed by atoms with E-state index in [1.807, 2.05) is 25.1 Å². The molecule has 0 N–H and O–H groups in total. The van der Waals surface area contributed by atoms with Crippen molar-refractivity contribution in [1.29, 1.82) is 0 Å². The van der Waals surface area contributed by atoms with Gasteiger partial charge in [0.25, 0.3) is 5.91 Å². The van der Waals surface area contributed by atoms with Gasteiger partial charge in [0, 0.05) is 26.2 Å². The average molecular weight is 392 g/mol. The topological polar surface area (TPSA) is 66.9 Å². The van der Waals surface area contributed by atoms with Gasteiger partial charge < -0.3 is 9.64 Å². The van der Waals surface area contributed by atoms with Crippen molar-refractivity contribution in [2.75, 3.05) is 32.8 Å². The second kappa shape index (κ2) is 8.06. The van der Waals surface area contributed by atoms with Crippen LogP contribution in [-0.2, 0) is 14.8 Å². The molecule has 0 bridgehead atoms. The summed E-state index contributed by atoms with van der Waals surface area (Å²) in [6.07, 6.45) is 0. The number of halogens is 1. The number of nitrogens with zero attached hydrogens (tertiary/aromatic N) is 2. The Kier molecular flexibility index (Phi) is 5.76. The lowest BCUT2D eigenvalue weighted by Crippen LogP contribution is -2.51. The third kappa shape index (κ3) is 4.64. The monoisotopic (exact) mass is 392 g/mol. The number of sulfonamides is 1. The summed E-state index contributed by atoms with van der Waals surface area (Å²) in [5.74, 6) is -0.0471. The molecule has 1 aliphatic rings. The van der Waals surface area contributed by atoms with Gasteiger partial charge in [0.1, 0.15) is 11.6 Å². The first-order valence-electron chi connectivity index (χ1n) is 8.59. The fraction of sp³-hybridized carbons (Fsp3) is 0.316. The van der Waals surface area contributed by atoms with Gasteiger partial charge in [0.05, 0.1) is 4.90 Å². The van der Waals surface area contributed by atoms with Crippen LogP contribution in [0.25, 0.3) is 0 Å². The maximum atomic E-state index is 13.0. The Balaban J connectivity index is 1.55. The smallest absolute Gasteiger partial charge is 0.260 e. The molecule has 1 fully saturated rings. The zero-order valence-electron chi connectivity index (χ0n) is 15.0. The van der Waals surface area contributed by atoms with E-state index >= 15 is 0 Å². The first-order chi connectivity index (χ1) is 12.9. The number of ether oxygens (including phenoxy) is 1. The van der Waals surface area contributed by atoms with Gasteiger partial charge in [-0.2, -0.15) is 4.31 Å². The number of carbonyl (C=O) groups excluding carboxylic acids is 1. The highest BCUT2D eigenvalue weighted by Gasteiger charge is 2.30. The summed E-state index contributed by atoms with van der Waals surface area (Å²) in [5, 5.41) is 0. The summed E-state index contributed by atoms with van der Waals surface area (Å²) in [5.41, 5.74) is 1.04. The van der Waals surface area contributed by atoms with E-state index in [2.05, 4.69) is 0 Å². The Hall–Kier alpha value is -2.45. The minimum absolute atomic E-state index is 0.0476. The highest BCUT2D eigenvalue weighted by Crippen LogP contribution is 2.18. The first kappa shape index (κ1) is 19.3. The maximum absolute atomic E-state index is 13.0. The van der Waals surface area contributed by atoms with E-state index in [0.717, 1.165) is 17.7 Å². The normalized spacial score (nSPS) is 15.6. The lowest BCUT2D eigenvalue weighted by molar-refractivity contribution is -0.134. The second-order valence-corrected chi connectivity index (χ2v) is 8.28. The van der Waals surface area contributed by atoms with E-state index in [-0.39, 0.29) is 43.6 Å². The Labute approximate surface area is 158 Å². The Bertz CT molecular complexity index is 908. The third-order valence-corrected chi connectivity index (χ3v) is 6.31. The van der Waals surface area contributed by atoms with Crippen LogP contribution in [0.3, 0.4) is 0 Å². The number of hydrogen-bond acceptors (Lipinski definition) is 4. The summed E-state index contributed by atoms with van der Waals surface area (Å²) >= 11 is 0. The fourth-order valence-corrected chi connectivity index (χ4v) is 4.30. The third-order valence-electron chi connectivity index (χ3n) is 4.39. The molecule has 0 aliphatic carbocycles. The summed E-state index contributed by atoms with van der Waals surface area (Å²) in [6.45, 7) is 2.81. The number of aryl methyl sites for hydroxylation is 1. The van der Waals surface area contributed by atoms with E-state index in [4.69, 9.17) is 4.74 Å². The molecule has 1 amide bonds. The van der Waals surface area contributed by atoms with E-state index in [9.17, 15) is 17.6 Å². The first-order valence-corrected chi connectivity index (χ1v) is 10.0.